The van der Waals surface area contributed by atoms with E-state index in [-0.39, 0.29) is 17.9 Å². The first-order valence-corrected chi connectivity index (χ1v) is 7.16. The molecule has 9 heteroatoms. The van der Waals surface area contributed by atoms with Crippen LogP contribution in [-0.2, 0) is 6.61 Å². The molecule has 0 fully saturated rings. The van der Waals surface area contributed by atoms with Crippen molar-refractivity contribution in [2.75, 3.05) is 5.32 Å². The molecule has 128 valence electrons. The van der Waals surface area contributed by atoms with Gasteiger partial charge in [-0.25, -0.2) is 4.79 Å². The third-order valence-corrected chi connectivity index (χ3v) is 3.12. The average molecular weight is 343 g/mol. The minimum absolute atomic E-state index is 0.0920. The summed E-state index contributed by atoms with van der Waals surface area (Å²) in [6, 6.07) is 7.74. The topological polar surface area (TPSA) is 128 Å². The Kier molecular flexibility index (Phi) is 4.46. The number of anilines is 1. The molecule has 9 nitrogen and oxygen atoms in total. The highest BCUT2D eigenvalue weighted by molar-refractivity contribution is 6.03. The van der Waals surface area contributed by atoms with E-state index in [1.54, 1.807) is 31.2 Å². The molecule has 1 aromatic carbocycles. The van der Waals surface area contributed by atoms with Gasteiger partial charge < -0.3 is 24.1 Å². The van der Waals surface area contributed by atoms with Crippen LogP contribution in [0, 0.1) is 6.92 Å². The van der Waals surface area contributed by atoms with E-state index in [9.17, 15) is 9.59 Å². The monoisotopic (exact) mass is 343 g/mol. The first-order chi connectivity index (χ1) is 12.0. The second-order valence-corrected chi connectivity index (χ2v) is 5.00. The number of carbonyl (C=O) groups excluding carboxylic acids is 1. The highest BCUT2D eigenvalue weighted by Gasteiger charge is 2.14. The summed E-state index contributed by atoms with van der Waals surface area (Å²) >= 11 is 0. The van der Waals surface area contributed by atoms with Gasteiger partial charge in [0, 0.05) is 18.7 Å². The van der Waals surface area contributed by atoms with Crippen molar-refractivity contribution in [2.24, 2.45) is 0 Å². The molecule has 2 N–H and O–H groups in total. The second kappa shape index (κ2) is 6.87. The number of hydrogen-bond acceptors (Lipinski definition) is 7. The summed E-state index contributed by atoms with van der Waals surface area (Å²) < 4.78 is 15.3. The van der Waals surface area contributed by atoms with Crippen LogP contribution in [0.3, 0.4) is 0 Å². The van der Waals surface area contributed by atoms with Gasteiger partial charge >= 0.3 is 5.97 Å². The normalized spacial score (nSPS) is 10.4. The van der Waals surface area contributed by atoms with Crippen LogP contribution in [0.5, 0.6) is 5.75 Å². The Labute approximate surface area is 141 Å². The minimum atomic E-state index is -1.17. The smallest absolute Gasteiger partial charge is 0.338 e. The molecule has 3 aromatic rings. The Hall–Kier alpha value is -3.62. The summed E-state index contributed by atoms with van der Waals surface area (Å²) in [5.74, 6) is -0.357. The first-order valence-electron chi connectivity index (χ1n) is 7.16. The van der Waals surface area contributed by atoms with Gasteiger partial charge in [0.2, 0.25) is 11.7 Å². The Morgan fingerprint density at radius 1 is 1.28 bits per heavy atom. The van der Waals surface area contributed by atoms with Crippen molar-refractivity contribution in [1.82, 2.24) is 10.1 Å². The molecule has 3 rings (SSSR count). The molecule has 2 heterocycles. The van der Waals surface area contributed by atoms with Crippen molar-refractivity contribution >= 4 is 17.6 Å². The van der Waals surface area contributed by atoms with Crippen LogP contribution in [0.4, 0.5) is 5.69 Å². The van der Waals surface area contributed by atoms with Crippen molar-refractivity contribution in [1.29, 1.82) is 0 Å². The lowest BCUT2D eigenvalue weighted by Gasteiger charge is -2.06. The fourth-order valence-electron chi connectivity index (χ4n) is 1.94. The van der Waals surface area contributed by atoms with Gasteiger partial charge in [-0.2, -0.15) is 4.98 Å². The van der Waals surface area contributed by atoms with E-state index in [4.69, 9.17) is 18.8 Å². The van der Waals surface area contributed by atoms with Gasteiger partial charge in [-0.3, -0.25) is 4.79 Å². The number of aryl methyl sites for hydroxylation is 1. The Morgan fingerprint density at radius 3 is 2.64 bits per heavy atom. The van der Waals surface area contributed by atoms with Crippen LogP contribution >= 0.6 is 0 Å². The summed E-state index contributed by atoms with van der Waals surface area (Å²) in [5, 5.41) is 15.1. The zero-order valence-electron chi connectivity index (χ0n) is 13.1. The molecule has 0 atom stereocenters. The zero-order chi connectivity index (χ0) is 17.8. The molecule has 0 spiro atoms. The minimum Gasteiger partial charge on any atom is -0.485 e. The number of nitrogens with zero attached hydrogens (tertiary/aromatic N) is 2. The SMILES string of the molecule is Cc1nc(COc2ccc(NC(=O)c3cc(C(=O)O)co3)cc2)no1. The van der Waals surface area contributed by atoms with Crippen molar-refractivity contribution in [3.8, 4) is 5.75 Å². The molecule has 0 aliphatic carbocycles. The number of furan rings is 1. The summed E-state index contributed by atoms with van der Waals surface area (Å²) in [6.07, 6.45) is 1.01. The van der Waals surface area contributed by atoms with Crippen LogP contribution in [-0.4, -0.2) is 27.1 Å². The van der Waals surface area contributed by atoms with E-state index in [1.165, 1.54) is 0 Å². The maximum atomic E-state index is 12.0. The molecule has 0 bridgehead atoms. The number of carboxylic acids is 1. The molecule has 25 heavy (non-hydrogen) atoms. The second-order valence-electron chi connectivity index (χ2n) is 5.00. The molecule has 2 aromatic heterocycles. The average Bonchev–Trinajstić information content (AvgIpc) is 3.23. The van der Waals surface area contributed by atoms with Gasteiger partial charge in [-0.15, -0.1) is 0 Å². The van der Waals surface area contributed by atoms with Gasteiger partial charge in [0.25, 0.3) is 5.91 Å². The van der Waals surface area contributed by atoms with E-state index in [1.807, 2.05) is 0 Å². The van der Waals surface area contributed by atoms with Crippen molar-refractivity contribution < 1.29 is 28.4 Å². The van der Waals surface area contributed by atoms with E-state index in [0.717, 1.165) is 12.3 Å². The van der Waals surface area contributed by atoms with Crippen LogP contribution in [0.1, 0.15) is 32.6 Å². The summed E-state index contributed by atoms with van der Waals surface area (Å²) in [7, 11) is 0. The third kappa shape index (κ3) is 4.02. The number of benzene rings is 1. The number of nitrogens with one attached hydrogen (secondary N) is 1. The maximum Gasteiger partial charge on any atom is 0.338 e. The first kappa shape index (κ1) is 16.2. The fraction of sp³-hybridized carbons (Fsp3) is 0.125. The van der Waals surface area contributed by atoms with E-state index in [2.05, 4.69) is 15.5 Å². The van der Waals surface area contributed by atoms with Gasteiger partial charge in [-0.05, 0) is 24.3 Å². The standard InChI is InChI=1S/C16H13N3O6/c1-9-17-14(19-25-9)8-23-12-4-2-11(3-5-12)18-15(20)13-6-10(7-24-13)16(21)22/h2-7H,8H2,1H3,(H,18,20)(H,21,22). The summed E-state index contributed by atoms with van der Waals surface area (Å²) in [4.78, 5) is 26.8. The van der Waals surface area contributed by atoms with E-state index in [0.29, 0.717) is 23.2 Å². The van der Waals surface area contributed by atoms with Gasteiger partial charge in [0.1, 0.15) is 12.0 Å². The van der Waals surface area contributed by atoms with Crippen molar-refractivity contribution in [3.63, 3.8) is 0 Å². The molecular formula is C16H13N3O6. The molecule has 0 radical (unpaired) electrons. The molecular weight excluding hydrogens is 330 g/mol. The lowest BCUT2D eigenvalue weighted by molar-refractivity contribution is 0.0696. The fourth-order valence-corrected chi connectivity index (χ4v) is 1.94. The number of rotatable bonds is 6. The van der Waals surface area contributed by atoms with Crippen LogP contribution in [0.15, 0.2) is 45.5 Å². The highest BCUT2D eigenvalue weighted by Crippen LogP contribution is 2.18. The summed E-state index contributed by atoms with van der Waals surface area (Å²) in [5.41, 5.74) is 0.409. The van der Waals surface area contributed by atoms with Crippen LogP contribution in [0.2, 0.25) is 0 Å². The molecule has 0 saturated carbocycles. The van der Waals surface area contributed by atoms with E-state index < -0.39 is 11.9 Å². The third-order valence-electron chi connectivity index (χ3n) is 3.12. The molecule has 1 amide bonds. The quantitative estimate of drug-likeness (QED) is 0.698. The number of ether oxygens (including phenoxy) is 1. The number of aromatic carboxylic acids is 1. The van der Waals surface area contributed by atoms with Gasteiger partial charge in [-0.1, -0.05) is 5.16 Å². The number of aromatic nitrogens is 2. The Morgan fingerprint density at radius 2 is 2.04 bits per heavy atom. The van der Waals surface area contributed by atoms with Gasteiger partial charge in [0.15, 0.2) is 12.4 Å². The highest BCUT2D eigenvalue weighted by atomic mass is 16.5. The van der Waals surface area contributed by atoms with Gasteiger partial charge in [0.05, 0.1) is 5.56 Å². The number of amides is 1. The zero-order valence-corrected chi connectivity index (χ0v) is 13.1. The molecule has 0 aliphatic heterocycles. The maximum absolute atomic E-state index is 12.0. The largest absolute Gasteiger partial charge is 0.485 e. The van der Waals surface area contributed by atoms with Crippen LogP contribution in [0.25, 0.3) is 0 Å². The lowest BCUT2D eigenvalue weighted by atomic mass is 10.2. The lowest BCUT2D eigenvalue weighted by Crippen LogP contribution is -2.10. The molecule has 0 aliphatic rings. The molecule has 0 saturated heterocycles. The number of carboxylic acid groups (broad SMARTS) is 1. The molecule has 0 unspecified atom stereocenters. The van der Waals surface area contributed by atoms with Crippen molar-refractivity contribution in [3.05, 3.63) is 59.6 Å². The Balaban J connectivity index is 1.58. The predicted octanol–water partition coefficient (Wildman–Crippen LogP) is 2.50. The number of hydrogen-bond donors (Lipinski definition) is 2. The van der Waals surface area contributed by atoms with E-state index >= 15 is 0 Å². The Bertz CT molecular complexity index is 897. The predicted molar refractivity (Wildman–Crippen MR) is 83.4 cm³/mol. The van der Waals surface area contributed by atoms with Crippen molar-refractivity contribution in [2.45, 2.75) is 13.5 Å². The summed E-state index contributed by atoms with van der Waals surface area (Å²) in [6.45, 7) is 1.85. The van der Waals surface area contributed by atoms with Crippen LogP contribution < -0.4 is 10.1 Å². The number of carbonyl (C=O) groups is 2.